The van der Waals surface area contributed by atoms with Gasteiger partial charge in [0.1, 0.15) is 5.69 Å². The topological polar surface area (TPSA) is 77.6 Å². The van der Waals surface area contributed by atoms with Gasteiger partial charge in [-0.3, -0.25) is 4.79 Å². The molecule has 7 heteroatoms. The summed E-state index contributed by atoms with van der Waals surface area (Å²) in [6.45, 7) is 4.00. The summed E-state index contributed by atoms with van der Waals surface area (Å²) in [4.78, 5) is 25.0. The lowest BCUT2D eigenvalue weighted by molar-refractivity contribution is 0.102. The van der Waals surface area contributed by atoms with Crippen molar-refractivity contribution in [1.29, 1.82) is 0 Å². The highest BCUT2D eigenvalue weighted by atomic mass is 16.1. The molecule has 0 atom stereocenters. The Morgan fingerprint density at radius 1 is 0.963 bits per heavy atom. The molecule has 4 aromatic rings. The third kappa shape index (κ3) is 3.35. The predicted octanol–water partition coefficient (Wildman–Crippen LogP) is 3.32. The van der Waals surface area contributed by atoms with Gasteiger partial charge in [0.25, 0.3) is 5.91 Å². The second kappa shape index (κ2) is 6.87. The van der Waals surface area contributed by atoms with Gasteiger partial charge in [0, 0.05) is 29.5 Å². The number of nitrogens with one attached hydrogen (secondary N) is 1. The fraction of sp³-hybridized carbons (Fsp3) is 0.100. The Balaban J connectivity index is 1.47. The van der Waals surface area contributed by atoms with Crippen LogP contribution in [0.25, 0.3) is 11.4 Å². The van der Waals surface area contributed by atoms with E-state index in [2.05, 4.69) is 20.3 Å². The van der Waals surface area contributed by atoms with Crippen molar-refractivity contribution in [3.63, 3.8) is 0 Å². The number of nitrogens with zero attached hydrogens (tertiary/aromatic N) is 5. The van der Waals surface area contributed by atoms with Crippen molar-refractivity contribution >= 4 is 11.6 Å². The first-order valence-electron chi connectivity index (χ1n) is 8.48. The van der Waals surface area contributed by atoms with Crippen molar-refractivity contribution in [3.05, 3.63) is 84.7 Å². The summed E-state index contributed by atoms with van der Waals surface area (Å²) in [6.07, 6.45) is 8.63. The van der Waals surface area contributed by atoms with Crippen LogP contribution < -0.4 is 5.32 Å². The molecule has 7 nitrogen and oxygen atoms in total. The van der Waals surface area contributed by atoms with Gasteiger partial charge in [-0.15, -0.1) is 0 Å². The van der Waals surface area contributed by atoms with Crippen LogP contribution in [0.3, 0.4) is 0 Å². The van der Waals surface area contributed by atoms with Gasteiger partial charge in [0.05, 0.1) is 30.2 Å². The number of carbonyl (C=O) groups excluding carboxylic acids is 1. The van der Waals surface area contributed by atoms with Gasteiger partial charge in [0.15, 0.2) is 0 Å². The highest BCUT2D eigenvalue weighted by molar-refractivity contribution is 6.02. The Morgan fingerprint density at radius 3 is 2.33 bits per heavy atom. The van der Waals surface area contributed by atoms with Crippen LogP contribution in [0.15, 0.2) is 67.6 Å². The molecule has 0 aliphatic heterocycles. The Morgan fingerprint density at radius 2 is 1.74 bits per heavy atom. The molecule has 0 saturated heterocycles. The molecular formula is C20H18N6O. The number of rotatable bonds is 4. The van der Waals surface area contributed by atoms with E-state index < -0.39 is 0 Å². The average Bonchev–Trinajstić information content (AvgIpc) is 3.34. The maximum Gasteiger partial charge on any atom is 0.274 e. The fourth-order valence-corrected chi connectivity index (χ4v) is 2.74. The van der Waals surface area contributed by atoms with Crippen LogP contribution in [-0.2, 0) is 0 Å². The predicted molar refractivity (Wildman–Crippen MR) is 102 cm³/mol. The molecule has 1 aromatic carbocycles. The van der Waals surface area contributed by atoms with E-state index >= 15 is 0 Å². The Bertz CT molecular complexity index is 1060. The van der Waals surface area contributed by atoms with Gasteiger partial charge in [-0.25, -0.2) is 15.0 Å². The molecule has 27 heavy (non-hydrogen) atoms. The number of hydrogen-bond donors (Lipinski definition) is 1. The highest BCUT2D eigenvalue weighted by Crippen LogP contribution is 2.17. The highest BCUT2D eigenvalue weighted by Gasteiger charge is 2.09. The summed E-state index contributed by atoms with van der Waals surface area (Å²) in [5.74, 6) is -0.255. The van der Waals surface area contributed by atoms with Crippen molar-refractivity contribution in [1.82, 2.24) is 24.1 Å². The molecule has 134 valence electrons. The van der Waals surface area contributed by atoms with E-state index in [4.69, 9.17) is 0 Å². The summed E-state index contributed by atoms with van der Waals surface area (Å²) in [5, 5.41) is 2.87. The van der Waals surface area contributed by atoms with Gasteiger partial charge in [-0.1, -0.05) is 0 Å². The minimum absolute atomic E-state index is 0.255. The molecule has 0 fully saturated rings. The van der Waals surface area contributed by atoms with Crippen LogP contribution in [0.1, 0.15) is 21.9 Å². The molecule has 1 N–H and O–H groups in total. The summed E-state index contributed by atoms with van der Waals surface area (Å²) >= 11 is 0. The molecule has 0 saturated carbocycles. The minimum Gasteiger partial charge on any atom is -0.321 e. The summed E-state index contributed by atoms with van der Waals surface area (Å²) < 4.78 is 3.84. The smallest absolute Gasteiger partial charge is 0.274 e. The van der Waals surface area contributed by atoms with Crippen LogP contribution in [0, 0.1) is 13.8 Å². The maximum atomic E-state index is 12.4. The summed E-state index contributed by atoms with van der Waals surface area (Å²) in [5.41, 5.74) is 4.99. The van der Waals surface area contributed by atoms with E-state index in [0.717, 1.165) is 22.8 Å². The molecule has 4 rings (SSSR count). The first kappa shape index (κ1) is 16.7. The summed E-state index contributed by atoms with van der Waals surface area (Å²) in [6, 6.07) is 11.1. The SMILES string of the molecule is Cc1ncn(-c2ccc(NC(=O)c3ccc(-n4ccnc4)cn3)cc2)c1C. The van der Waals surface area contributed by atoms with Gasteiger partial charge in [0.2, 0.25) is 0 Å². The first-order chi connectivity index (χ1) is 13.1. The molecule has 3 aromatic heterocycles. The van der Waals surface area contributed by atoms with E-state index in [9.17, 15) is 4.79 Å². The van der Waals surface area contributed by atoms with Crippen molar-refractivity contribution in [2.75, 3.05) is 5.32 Å². The van der Waals surface area contributed by atoms with Crippen LogP contribution >= 0.6 is 0 Å². The quantitative estimate of drug-likeness (QED) is 0.607. The lowest BCUT2D eigenvalue weighted by atomic mass is 10.2. The molecule has 0 aliphatic carbocycles. The van der Waals surface area contributed by atoms with Crippen molar-refractivity contribution < 1.29 is 4.79 Å². The zero-order valence-corrected chi connectivity index (χ0v) is 15.0. The zero-order valence-electron chi connectivity index (χ0n) is 15.0. The normalized spacial score (nSPS) is 10.7. The molecule has 0 spiro atoms. The molecule has 0 unspecified atom stereocenters. The number of benzene rings is 1. The van der Waals surface area contributed by atoms with Gasteiger partial charge in [-0.2, -0.15) is 0 Å². The molecule has 3 heterocycles. The first-order valence-corrected chi connectivity index (χ1v) is 8.48. The lowest BCUT2D eigenvalue weighted by Crippen LogP contribution is -2.13. The number of amides is 1. The molecule has 1 amide bonds. The standard InChI is InChI=1S/C20H18N6O/c1-14-15(2)26(13-23-14)17-5-3-16(4-6-17)24-20(27)19-8-7-18(11-22-19)25-10-9-21-12-25/h3-13H,1-2H3,(H,24,27). The maximum absolute atomic E-state index is 12.4. The number of hydrogen-bond acceptors (Lipinski definition) is 4. The third-order valence-corrected chi connectivity index (χ3v) is 4.44. The second-order valence-corrected chi connectivity index (χ2v) is 6.16. The molecular weight excluding hydrogens is 340 g/mol. The number of anilines is 1. The monoisotopic (exact) mass is 358 g/mol. The van der Waals surface area contributed by atoms with Crippen molar-refractivity contribution in [3.8, 4) is 11.4 Å². The number of aryl methyl sites for hydroxylation is 1. The number of imidazole rings is 2. The van der Waals surface area contributed by atoms with Crippen LogP contribution in [0.4, 0.5) is 5.69 Å². The minimum atomic E-state index is -0.255. The van der Waals surface area contributed by atoms with E-state index in [1.165, 1.54) is 0 Å². The van der Waals surface area contributed by atoms with Gasteiger partial charge in [-0.05, 0) is 50.2 Å². The van der Waals surface area contributed by atoms with Gasteiger partial charge < -0.3 is 14.5 Å². The van der Waals surface area contributed by atoms with E-state index in [1.54, 1.807) is 31.1 Å². The third-order valence-electron chi connectivity index (χ3n) is 4.44. The zero-order chi connectivity index (χ0) is 18.8. The van der Waals surface area contributed by atoms with E-state index in [0.29, 0.717) is 11.4 Å². The Hall–Kier alpha value is -3.74. The second-order valence-electron chi connectivity index (χ2n) is 6.16. The lowest BCUT2D eigenvalue weighted by Gasteiger charge is -2.09. The number of pyridine rings is 1. The number of carbonyl (C=O) groups is 1. The number of aromatic nitrogens is 5. The largest absolute Gasteiger partial charge is 0.321 e. The van der Waals surface area contributed by atoms with Crippen molar-refractivity contribution in [2.24, 2.45) is 0 Å². The Kier molecular flexibility index (Phi) is 4.25. The van der Waals surface area contributed by atoms with E-state index in [1.807, 2.05) is 59.5 Å². The van der Waals surface area contributed by atoms with Crippen LogP contribution in [0.5, 0.6) is 0 Å². The Labute approximate surface area is 156 Å². The van der Waals surface area contributed by atoms with Gasteiger partial charge >= 0.3 is 0 Å². The van der Waals surface area contributed by atoms with E-state index in [-0.39, 0.29) is 5.91 Å². The van der Waals surface area contributed by atoms with Crippen molar-refractivity contribution in [2.45, 2.75) is 13.8 Å². The molecule has 0 bridgehead atoms. The van der Waals surface area contributed by atoms with Crippen LogP contribution in [-0.4, -0.2) is 30.0 Å². The average molecular weight is 358 g/mol. The summed E-state index contributed by atoms with van der Waals surface area (Å²) in [7, 11) is 0. The fourth-order valence-electron chi connectivity index (χ4n) is 2.74. The molecule has 0 radical (unpaired) electrons. The van der Waals surface area contributed by atoms with Crippen LogP contribution in [0.2, 0.25) is 0 Å². The molecule has 0 aliphatic rings.